The van der Waals surface area contributed by atoms with Gasteiger partial charge in [0.15, 0.2) is 0 Å². The second-order valence-corrected chi connectivity index (χ2v) is 7.50. The summed E-state index contributed by atoms with van der Waals surface area (Å²) in [4.78, 5) is 0. The highest BCUT2D eigenvalue weighted by atomic mass is 79.9. The highest BCUT2D eigenvalue weighted by Gasteiger charge is 2.38. The van der Waals surface area contributed by atoms with Crippen LogP contribution in [-0.2, 0) is 0 Å². The zero-order valence-corrected chi connectivity index (χ0v) is 14.6. The van der Waals surface area contributed by atoms with E-state index in [1.165, 1.54) is 16.8 Å². The van der Waals surface area contributed by atoms with E-state index in [1.807, 2.05) is 0 Å². The Morgan fingerprint density at radius 1 is 1.05 bits per heavy atom. The Kier molecular flexibility index (Phi) is 3.43. The van der Waals surface area contributed by atoms with Crippen LogP contribution in [0.15, 0.2) is 63.6 Å². The minimum absolute atomic E-state index is 0.355. The molecule has 0 bridgehead atoms. The van der Waals surface area contributed by atoms with E-state index in [1.54, 1.807) is 0 Å². The average Bonchev–Trinajstić information content (AvgIpc) is 2.96. The Morgan fingerprint density at radius 3 is 2.76 bits per heavy atom. The van der Waals surface area contributed by atoms with E-state index >= 15 is 0 Å². The maximum atomic E-state index is 3.77. The van der Waals surface area contributed by atoms with Crippen LogP contribution < -0.4 is 5.32 Å². The van der Waals surface area contributed by atoms with Crippen LogP contribution in [0.3, 0.4) is 0 Å². The monoisotopic (exact) mass is 403 g/mol. The third-order valence-corrected chi connectivity index (χ3v) is 5.71. The highest BCUT2D eigenvalue weighted by Crippen LogP contribution is 2.51. The predicted octanol–water partition coefficient (Wildman–Crippen LogP) is 6.04. The van der Waals surface area contributed by atoms with Crippen LogP contribution in [0.1, 0.15) is 29.5 Å². The SMILES string of the molecule is Brc1cccc([C@@H]2Nc3c(Br)cccc3[C@H]3C=CC[C@@H]32)c1. The van der Waals surface area contributed by atoms with Crippen LogP contribution in [-0.4, -0.2) is 0 Å². The van der Waals surface area contributed by atoms with Crippen LogP contribution >= 0.6 is 31.9 Å². The van der Waals surface area contributed by atoms with Gasteiger partial charge in [-0.25, -0.2) is 0 Å². The normalized spacial score (nSPS) is 26.1. The molecular weight excluding hydrogens is 390 g/mol. The van der Waals surface area contributed by atoms with E-state index in [2.05, 4.69) is 91.8 Å². The molecule has 106 valence electrons. The van der Waals surface area contributed by atoms with Crippen LogP contribution in [0.2, 0.25) is 0 Å². The van der Waals surface area contributed by atoms with Crippen molar-refractivity contribution in [2.24, 2.45) is 5.92 Å². The molecule has 1 aliphatic heterocycles. The molecule has 1 N–H and O–H groups in total. The predicted molar refractivity (Wildman–Crippen MR) is 94.6 cm³/mol. The van der Waals surface area contributed by atoms with E-state index in [0.29, 0.717) is 17.9 Å². The molecule has 0 spiro atoms. The Morgan fingerprint density at radius 2 is 1.90 bits per heavy atom. The van der Waals surface area contributed by atoms with E-state index in [0.717, 1.165) is 15.4 Å². The first-order valence-electron chi connectivity index (χ1n) is 7.21. The number of hydrogen-bond acceptors (Lipinski definition) is 1. The van der Waals surface area contributed by atoms with Crippen molar-refractivity contribution < 1.29 is 0 Å². The zero-order valence-electron chi connectivity index (χ0n) is 11.4. The fourth-order valence-corrected chi connectivity index (χ4v) is 4.53. The van der Waals surface area contributed by atoms with Gasteiger partial charge >= 0.3 is 0 Å². The minimum atomic E-state index is 0.355. The maximum Gasteiger partial charge on any atom is 0.0554 e. The molecule has 0 radical (unpaired) electrons. The number of hydrogen-bond donors (Lipinski definition) is 1. The van der Waals surface area contributed by atoms with Crippen molar-refractivity contribution in [3.8, 4) is 0 Å². The number of fused-ring (bicyclic) bond motifs is 3. The summed E-state index contributed by atoms with van der Waals surface area (Å²) < 4.78 is 2.29. The third kappa shape index (κ3) is 2.27. The average molecular weight is 405 g/mol. The zero-order chi connectivity index (χ0) is 14.4. The third-order valence-electron chi connectivity index (χ3n) is 4.55. The number of anilines is 1. The van der Waals surface area contributed by atoms with Gasteiger partial charge in [0.25, 0.3) is 0 Å². The molecule has 0 fully saturated rings. The highest BCUT2D eigenvalue weighted by molar-refractivity contribution is 9.10. The van der Waals surface area contributed by atoms with Crippen molar-refractivity contribution in [1.82, 2.24) is 0 Å². The Bertz CT molecular complexity index is 723. The number of para-hydroxylation sites is 1. The fourth-order valence-electron chi connectivity index (χ4n) is 3.61. The van der Waals surface area contributed by atoms with E-state index in [4.69, 9.17) is 0 Å². The molecule has 3 heteroatoms. The van der Waals surface area contributed by atoms with Crippen LogP contribution in [0.25, 0.3) is 0 Å². The van der Waals surface area contributed by atoms with Crippen molar-refractivity contribution in [2.45, 2.75) is 18.4 Å². The van der Waals surface area contributed by atoms with Crippen LogP contribution in [0.5, 0.6) is 0 Å². The Hall–Kier alpha value is -1.06. The smallest absolute Gasteiger partial charge is 0.0554 e. The second kappa shape index (κ2) is 5.29. The molecule has 0 aromatic heterocycles. The molecule has 0 saturated heterocycles. The topological polar surface area (TPSA) is 12.0 Å². The minimum Gasteiger partial charge on any atom is -0.377 e. The number of benzene rings is 2. The van der Waals surface area contributed by atoms with Gasteiger partial charge in [-0.15, -0.1) is 0 Å². The van der Waals surface area contributed by atoms with Crippen LogP contribution in [0, 0.1) is 5.92 Å². The number of halogens is 2. The second-order valence-electron chi connectivity index (χ2n) is 5.73. The lowest BCUT2D eigenvalue weighted by atomic mass is 9.77. The number of allylic oxidation sites excluding steroid dienone is 2. The van der Waals surface area contributed by atoms with Gasteiger partial charge in [0.1, 0.15) is 0 Å². The molecule has 3 atom stereocenters. The molecule has 1 aliphatic carbocycles. The summed E-state index contributed by atoms with van der Waals surface area (Å²) in [6.45, 7) is 0. The van der Waals surface area contributed by atoms with Gasteiger partial charge in [0.05, 0.1) is 11.7 Å². The first-order chi connectivity index (χ1) is 10.2. The molecule has 1 nitrogen and oxygen atoms in total. The van der Waals surface area contributed by atoms with E-state index < -0.39 is 0 Å². The van der Waals surface area contributed by atoms with Crippen molar-refractivity contribution in [2.75, 3.05) is 5.32 Å². The van der Waals surface area contributed by atoms with E-state index in [9.17, 15) is 0 Å². The number of nitrogens with one attached hydrogen (secondary N) is 1. The van der Waals surface area contributed by atoms with Gasteiger partial charge in [-0.05, 0) is 57.6 Å². The van der Waals surface area contributed by atoms with Crippen molar-refractivity contribution >= 4 is 37.5 Å². The molecule has 0 unspecified atom stereocenters. The summed E-state index contributed by atoms with van der Waals surface area (Å²) in [5, 5.41) is 3.77. The summed E-state index contributed by atoms with van der Waals surface area (Å²) in [5.74, 6) is 1.11. The van der Waals surface area contributed by atoms with Crippen LogP contribution in [0.4, 0.5) is 5.69 Å². The van der Waals surface area contributed by atoms with Gasteiger partial charge in [0, 0.05) is 14.9 Å². The Labute approximate surface area is 141 Å². The first kappa shape index (κ1) is 13.6. The molecule has 2 aromatic carbocycles. The summed E-state index contributed by atoms with van der Waals surface area (Å²) in [7, 11) is 0. The summed E-state index contributed by atoms with van der Waals surface area (Å²) in [6, 6.07) is 15.5. The lowest BCUT2D eigenvalue weighted by Gasteiger charge is -2.38. The van der Waals surface area contributed by atoms with Gasteiger partial charge in [-0.3, -0.25) is 0 Å². The summed E-state index contributed by atoms with van der Waals surface area (Å²) >= 11 is 7.29. The van der Waals surface area contributed by atoms with Crippen molar-refractivity contribution in [3.05, 3.63) is 74.7 Å². The van der Waals surface area contributed by atoms with E-state index in [-0.39, 0.29) is 0 Å². The van der Waals surface area contributed by atoms with Gasteiger partial charge < -0.3 is 5.32 Å². The molecule has 0 amide bonds. The fraction of sp³-hybridized carbons (Fsp3) is 0.222. The molecule has 0 saturated carbocycles. The van der Waals surface area contributed by atoms with Gasteiger partial charge in [-0.2, -0.15) is 0 Å². The van der Waals surface area contributed by atoms with Crippen molar-refractivity contribution in [3.63, 3.8) is 0 Å². The summed E-state index contributed by atoms with van der Waals surface area (Å²) in [6.07, 6.45) is 5.85. The maximum absolute atomic E-state index is 3.77. The summed E-state index contributed by atoms with van der Waals surface area (Å²) in [5.41, 5.74) is 4.01. The van der Waals surface area contributed by atoms with Gasteiger partial charge in [-0.1, -0.05) is 52.3 Å². The van der Waals surface area contributed by atoms with Gasteiger partial charge in [0.2, 0.25) is 0 Å². The quantitative estimate of drug-likeness (QED) is 0.571. The molecule has 2 aromatic rings. The molecular formula is C18H15Br2N. The lowest BCUT2D eigenvalue weighted by molar-refractivity contribution is 0.425. The molecule has 2 aliphatic rings. The number of rotatable bonds is 1. The molecule has 4 rings (SSSR count). The standard InChI is InChI=1S/C18H15Br2N/c19-12-5-1-4-11(10-12)17-14-7-2-6-13(14)15-8-3-9-16(20)18(15)21-17/h1-6,8-10,13-14,17,21H,7H2/t13-,14-,17-/m0/s1. The lowest BCUT2D eigenvalue weighted by Crippen LogP contribution is -2.29. The largest absolute Gasteiger partial charge is 0.377 e. The Balaban J connectivity index is 1.83. The molecule has 1 heterocycles. The first-order valence-corrected chi connectivity index (χ1v) is 8.80. The van der Waals surface area contributed by atoms with Crippen molar-refractivity contribution in [1.29, 1.82) is 0 Å². The molecule has 21 heavy (non-hydrogen) atoms.